The number of hydrogen-bond acceptors (Lipinski definition) is 3. The number of hydrogen-bond donors (Lipinski definition) is 0. The van der Waals surface area contributed by atoms with Gasteiger partial charge in [0, 0.05) is 28.4 Å². The van der Waals surface area contributed by atoms with Gasteiger partial charge >= 0.3 is 5.97 Å². The van der Waals surface area contributed by atoms with E-state index in [2.05, 4.69) is 23.6 Å². The quantitative estimate of drug-likeness (QED) is 0.344. The Morgan fingerprint density at radius 1 is 1.07 bits per heavy atom. The molecule has 5 heteroatoms. The Kier molecular flexibility index (Phi) is 5.54. The molecule has 0 saturated carbocycles. The van der Waals surface area contributed by atoms with Crippen LogP contribution in [-0.4, -0.2) is 22.1 Å². The smallest absolute Gasteiger partial charge is 0.356 e. The number of carbonyl (C=O) groups excluding carboxylic acids is 1. The van der Waals surface area contributed by atoms with Crippen LogP contribution in [0, 0.1) is 0 Å². The van der Waals surface area contributed by atoms with E-state index in [0.717, 1.165) is 46.8 Å². The Morgan fingerprint density at radius 2 is 1.83 bits per heavy atom. The van der Waals surface area contributed by atoms with E-state index in [1.807, 2.05) is 42.5 Å². The van der Waals surface area contributed by atoms with Crippen molar-refractivity contribution in [2.45, 2.75) is 33.2 Å². The zero-order valence-electron chi connectivity index (χ0n) is 16.6. The van der Waals surface area contributed by atoms with Gasteiger partial charge in [-0.3, -0.25) is 0 Å². The van der Waals surface area contributed by atoms with Crippen molar-refractivity contribution in [3.63, 3.8) is 0 Å². The normalized spacial score (nSPS) is 11.3. The van der Waals surface area contributed by atoms with Crippen LogP contribution in [0.15, 0.2) is 54.6 Å². The fourth-order valence-corrected chi connectivity index (χ4v) is 4.00. The molecule has 0 amide bonds. The van der Waals surface area contributed by atoms with Gasteiger partial charge in [0.05, 0.1) is 22.8 Å². The molecule has 29 heavy (non-hydrogen) atoms. The molecule has 0 unspecified atom stereocenters. The van der Waals surface area contributed by atoms with Crippen LogP contribution in [0.3, 0.4) is 0 Å². The monoisotopic (exact) mass is 406 g/mol. The van der Waals surface area contributed by atoms with E-state index in [4.69, 9.17) is 21.3 Å². The number of ether oxygens (including phenoxy) is 1. The molecule has 0 aliphatic heterocycles. The first-order valence-corrected chi connectivity index (χ1v) is 10.4. The van der Waals surface area contributed by atoms with E-state index in [9.17, 15) is 4.79 Å². The molecule has 148 valence electrons. The van der Waals surface area contributed by atoms with Gasteiger partial charge in [0.15, 0.2) is 0 Å². The van der Waals surface area contributed by atoms with Gasteiger partial charge in [-0.1, -0.05) is 61.3 Å². The van der Waals surface area contributed by atoms with Crippen molar-refractivity contribution < 1.29 is 9.53 Å². The van der Waals surface area contributed by atoms with Gasteiger partial charge < -0.3 is 9.30 Å². The number of carbonyl (C=O) groups is 1. The van der Waals surface area contributed by atoms with E-state index >= 15 is 0 Å². The van der Waals surface area contributed by atoms with Crippen molar-refractivity contribution in [3.8, 4) is 11.3 Å². The summed E-state index contributed by atoms with van der Waals surface area (Å²) in [4.78, 5) is 17.3. The number of aromatic nitrogens is 2. The number of nitrogens with zero attached hydrogens (tertiary/aromatic N) is 2. The maximum Gasteiger partial charge on any atom is 0.356 e. The van der Waals surface area contributed by atoms with Crippen LogP contribution >= 0.6 is 11.6 Å². The lowest BCUT2D eigenvalue weighted by Crippen LogP contribution is -2.09. The summed E-state index contributed by atoms with van der Waals surface area (Å²) in [5.74, 6) is -0.423. The predicted molar refractivity (Wildman–Crippen MR) is 119 cm³/mol. The second kappa shape index (κ2) is 8.26. The van der Waals surface area contributed by atoms with Crippen molar-refractivity contribution in [3.05, 3.63) is 65.3 Å². The topological polar surface area (TPSA) is 44.1 Å². The fourth-order valence-electron chi connectivity index (χ4n) is 3.77. The molecule has 0 fully saturated rings. The Morgan fingerprint density at radius 3 is 2.59 bits per heavy atom. The van der Waals surface area contributed by atoms with Crippen molar-refractivity contribution in [1.29, 1.82) is 0 Å². The van der Waals surface area contributed by atoms with E-state index < -0.39 is 5.97 Å². The third kappa shape index (κ3) is 3.49. The lowest BCUT2D eigenvalue weighted by atomic mass is 10.1. The van der Waals surface area contributed by atoms with Crippen LogP contribution in [0.25, 0.3) is 33.1 Å². The number of fused-ring (bicyclic) bond motifs is 3. The second-order valence-corrected chi connectivity index (χ2v) is 7.38. The lowest BCUT2D eigenvalue weighted by molar-refractivity contribution is 0.0520. The molecular formula is C24H23ClN2O2. The summed E-state index contributed by atoms with van der Waals surface area (Å²) >= 11 is 6.54. The maximum atomic E-state index is 12.5. The van der Waals surface area contributed by atoms with Crippen molar-refractivity contribution in [2.24, 2.45) is 0 Å². The van der Waals surface area contributed by atoms with Crippen LogP contribution in [-0.2, 0) is 11.3 Å². The zero-order chi connectivity index (χ0) is 20.4. The highest BCUT2D eigenvalue weighted by molar-refractivity contribution is 6.33. The number of halogens is 1. The molecule has 0 aliphatic rings. The molecule has 0 atom stereocenters. The van der Waals surface area contributed by atoms with Crippen LogP contribution in [0.2, 0.25) is 5.02 Å². The summed E-state index contributed by atoms with van der Waals surface area (Å²) < 4.78 is 7.54. The molecule has 2 aromatic carbocycles. The van der Waals surface area contributed by atoms with E-state index in [0.29, 0.717) is 23.0 Å². The molecule has 2 heterocycles. The third-order valence-corrected chi connectivity index (χ3v) is 5.43. The highest BCUT2D eigenvalue weighted by Crippen LogP contribution is 2.38. The average molecular weight is 407 g/mol. The molecule has 0 saturated heterocycles. The minimum Gasteiger partial charge on any atom is -0.461 e. The Hall–Kier alpha value is -2.85. The summed E-state index contributed by atoms with van der Waals surface area (Å²) in [5, 5.41) is 2.69. The Bertz CT molecular complexity index is 1200. The standard InChI is InChI=1S/C24H23ClN2O2/c1-3-5-14-27-21-13-9-7-10-16(21)18-15-20(24(28)29-4-2)26-22(23(18)27)17-11-6-8-12-19(17)25/h6-13,15H,3-5,14H2,1-2H3. The number of esters is 1. The first kappa shape index (κ1) is 19.5. The van der Waals surface area contributed by atoms with Crippen molar-refractivity contribution >= 4 is 39.4 Å². The number of rotatable bonds is 6. The van der Waals surface area contributed by atoms with Crippen molar-refractivity contribution in [1.82, 2.24) is 9.55 Å². The number of aryl methyl sites for hydroxylation is 1. The number of unbranched alkanes of at least 4 members (excludes halogenated alkanes) is 1. The maximum absolute atomic E-state index is 12.5. The van der Waals surface area contributed by atoms with E-state index in [1.54, 1.807) is 6.92 Å². The van der Waals surface area contributed by atoms with Gasteiger partial charge in [-0.2, -0.15) is 0 Å². The number of pyridine rings is 1. The Balaban J connectivity index is 2.12. The fraction of sp³-hybridized carbons (Fsp3) is 0.250. The average Bonchev–Trinajstić information content (AvgIpc) is 3.06. The number of para-hydroxylation sites is 1. The van der Waals surface area contributed by atoms with Crippen LogP contribution in [0.4, 0.5) is 0 Å². The summed E-state index contributed by atoms with van der Waals surface area (Å²) in [5.41, 5.74) is 3.95. The predicted octanol–water partition coefficient (Wildman–Crippen LogP) is 6.49. The highest BCUT2D eigenvalue weighted by Gasteiger charge is 2.21. The molecule has 0 bridgehead atoms. The molecule has 4 aromatic rings. The Labute approximate surface area is 175 Å². The largest absolute Gasteiger partial charge is 0.461 e. The third-order valence-electron chi connectivity index (χ3n) is 5.10. The van der Waals surface area contributed by atoms with Gasteiger partial charge in [-0.05, 0) is 31.5 Å². The van der Waals surface area contributed by atoms with E-state index in [1.165, 1.54) is 0 Å². The van der Waals surface area contributed by atoms with E-state index in [-0.39, 0.29) is 0 Å². The molecule has 0 N–H and O–H groups in total. The van der Waals surface area contributed by atoms with Crippen LogP contribution in [0.1, 0.15) is 37.2 Å². The van der Waals surface area contributed by atoms with Gasteiger partial charge in [0.25, 0.3) is 0 Å². The summed E-state index contributed by atoms with van der Waals surface area (Å²) in [6, 6.07) is 17.7. The highest BCUT2D eigenvalue weighted by atomic mass is 35.5. The van der Waals surface area contributed by atoms with Gasteiger partial charge in [0.1, 0.15) is 5.69 Å². The van der Waals surface area contributed by atoms with Gasteiger partial charge in [0.2, 0.25) is 0 Å². The minimum atomic E-state index is -0.423. The summed E-state index contributed by atoms with van der Waals surface area (Å²) in [6.45, 7) is 5.15. The first-order chi connectivity index (χ1) is 14.2. The molecule has 0 spiro atoms. The van der Waals surface area contributed by atoms with Gasteiger partial charge in [-0.15, -0.1) is 0 Å². The van der Waals surface area contributed by atoms with Crippen molar-refractivity contribution in [2.75, 3.05) is 6.61 Å². The minimum absolute atomic E-state index is 0.299. The summed E-state index contributed by atoms with van der Waals surface area (Å²) in [7, 11) is 0. The van der Waals surface area contributed by atoms with Gasteiger partial charge in [-0.25, -0.2) is 9.78 Å². The molecule has 0 aliphatic carbocycles. The zero-order valence-corrected chi connectivity index (χ0v) is 17.4. The summed E-state index contributed by atoms with van der Waals surface area (Å²) in [6.07, 6.45) is 2.14. The van der Waals surface area contributed by atoms with Crippen LogP contribution in [0.5, 0.6) is 0 Å². The lowest BCUT2D eigenvalue weighted by Gasteiger charge is -2.12. The number of benzene rings is 2. The molecule has 2 aromatic heterocycles. The molecule has 4 rings (SSSR count). The molecular weight excluding hydrogens is 384 g/mol. The SMILES string of the molecule is CCCCn1c2ccccc2c2cc(C(=O)OCC)nc(-c3ccccc3Cl)c21. The molecule has 4 nitrogen and oxygen atoms in total. The second-order valence-electron chi connectivity index (χ2n) is 6.97. The molecule has 0 radical (unpaired) electrons. The van der Waals surface area contributed by atoms with Crippen LogP contribution < -0.4 is 0 Å². The first-order valence-electron chi connectivity index (χ1n) is 9.99.